The maximum absolute atomic E-state index is 15.4. The lowest BCUT2D eigenvalue weighted by atomic mass is 9.89. The molecule has 0 saturated carbocycles. The van der Waals surface area contributed by atoms with Crippen LogP contribution in [0.1, 0.15) is 36.1 Å². The first kappa shape index (κ1) is 37.8. The van der Waals surface area contributed by atoms with Crippen LogP contribution in [-0.4, -0.2) is 87.7 Å². The van der Waals surface area contributed by atoms with E-state index in [1.807, 2.05) is 72.8 Å². The molecule has 2 saturated heterocycles. The molecule has 8 rings (SSSR count). The van der Waals surface area contributed by atoms with Crippen molar-refractivity contribution in [2.24, 2.45) is 0 Å². The summed E-state index contributed by atoms with van der Waals surface area (Å²) in [4.78, 5) is 66.0. The average Bonchev–Trinajstić information content (AvgIpc) is 3.36. The summed E-state index contributed by atoms with van der Waals surface area (Å²) >= 11 is 9.53. The van der Waals surface area contributed by atoms with Crippen molar-refractivity contribution >= 4 is 47.2 Å². The van der Waals surface area contributed by atoms with Gasteiger partial charge in [0.05, 0.1) is 59.0 Å². The van der Waals surface area contributed by atoms with Gasteiger partial charge in [0.2, 0.25) is 0 Å². The zero-order chi connectivity index (χ0) is 39.1. The van der Waals surface area contributed by atoms with E-state index in [0.717, 1.165) is 33.4 Å². The van der Waals surface area contributed by atoms with Crippen LogP contribution in [0.3, 0.4) is 0 Å². The summed E-state index contributed by atoms with van der Waals surface area (Å²) in [6, 6.07) is 25.7. The Kier molecular flexibility index (Phi) is 10.3. The molecule has 55 heavy (non-hydrogen) atoms. The number of hydrogen-bond donors (Lipinski definition) is 0. The Balaban J connectivity index is 0.00000150. The van der Waals surface area contributed by atoms with Gasteiger partial charge in [-0.25, -0.2) is 19.2 Å². The normalized spacial score (nSPS) is 20.3. The Hall–Kier alpha value is -5.46. The van der Waals surface area contributed by atoms with Crippen molar-refractivity contribution in [1.29, 1.82) is 0 Å². The molecule has 4 aliphatic heterocycles. The van der Waals surface area contributed by atoms with Crippen molar-refractivity contribution in [3.05, 3.63) is 107 Å². The van der Waals surface area contributed by atoms with E-state index in [2.05, 4.69) is 0 Å². The molecular formula is C41H40Cl2N4O8. The van der Waals surface area contributed by atoms with Crippen LogP contribution in [0.2, 0.25) is 0 Å². The highest BCUT2D eigenvalue weighted by molar-refractivity contribution is 6.40. The zero-order valence-corrected chi connectivity index (χ0v) is 32.4. The quantitative estimate of drug-likeness (QED) is 0.136. The predicted molar refractivity (Wildman–Crippen MR) is 205 cm³/mol. The number of halogens is 2. The predicted octanol–water partition coefficient (Wildman–Crippen LogP) is 7.18. The molecule has 0 N–H and O–H groups in total. The van der Waals surface area contributed by atoms with Crippen LogP contribution in [0.5, 0.6) is 11.5 Å². The van der Waals surface area contributed by atoms with E-state index in [1.54, 1.807) is 26.0 Å². The van der Waals surface area contributed by atoms with Gasteiger partial charge in [-0.2, -0.15) is 0 Å². The molecule has 4 heterocycles. The molecule has 0 radical (unpaired) electrons. The summed E-state index contributed by atoms with van der Waals surface area (Å²) in [5.41, 5.74) is 1.45. The van der Waals surface area contributed by atoms with Crippen LogP contribution in [0.25, 0.3) is 22.3 Å². The third kappa shape index (κ3) is 5.40. The number of urea groups is 2. The molecule has 2 fully saturated rings. The largest absolute Gasteiger partial charge is 0.496 e. The van der Waals surface area contributed by atoms with Crippen LogP contribution >= 0.6 is 23.2 Å². The minimum atomic E-state index is -2.29. The van der Waals surface area contributed by atoms with E-state index < -0.39 is 35.3 Å². The highest BCUT2D eigenvalue weighted by atomic mass is 35.5. The van der Waals surface area contributed by atoms with Gasteiger partial charge in [-0.1, -0.05) is 72.8 Å². The highest BCUT2D eigenvalue weighted by Gasteiger charge is 2.87. The number of hydrogen-bond acceptors (Lipinski definition) is 8. The molecule has 14 heteroatoms. The summed E-state index contributed by atoms with van der Waals surface area (Å²) in [6.07, 6.45) is 0. The van der Waals surface area contributed by atoms with E-state index in [4.69, 9.17) is 42.1 Å². The van der Waals surface area contributed by atoms with Crippen molar-refractivity contribution in [2.45, 2.75) is 51.4 Å². The van der Waals surface area contributed by atoms with Crippen LogP contribution in [-0.2, 0) is 45.2 Å². The second kappa shape index (κ2) is 15.0. The van der Waals surface area contributed by atoms with Gasteiger partial charge in [-0.15, -0.1) is 23.2 Å². The first-order chi connectivity index (χ1) is 26.7. The van der Waals surface area contributed by atoms with Crippen LogP contribution < -0.4 is 9.47 Å². The van der Waals surface area contributed by atoms with Crippen LogP contribution in [0.4, 0.5) is 9.59 Å². The second-order valence-corrected chi connectivity index (χ2v) is 13.9. The van der Waals surface area contributed by atoms with E-state index in [0.29, 0.717) is 22.6 Å². The molecule has 0 unspecified atom stereocenters. The number of rotatable bonds is 8. The van der Waals surface area contributed by atoms with Gasteiger partial charge in [0.1, 0.15) is 11.5 Å². The minimum Gasteiger partial charge on any atom is -0.496 e. The molecule has 0 atom stereocenters. The summed E-state index contributed by atoms with van der Waals surface area (Å²) < 4.78 is 23.1. The Labute approximate surface area is 329 Å². The van der Waals surface area contributed by atoms with Gasteiger partial charge in [0.25, 0.3) is 11.3 Å². The third-order valence-corrected chi connectivity index (χ3v) is 10.7. The number of esters is 2. The average molecular weight is 788 g/mol. The summed E-state index contributed by atoms with van der Waals surface area (Å²) in [5, 5.41) is 0.194. The molecule has 12 nitrogen and oxygen atoms in total. The molecule has 286 valence electrons. The van der Waals surface area contributed by atoms with Gasteiger partial charge in [0, 0.05) is 11.1 Å². The van der Waals surface area contributed by atoms with Crippen LogP contribution in [0, 0.1) is 0 Å². The molecule has 4 amide bonds. The number of fused-ring (bicyclic) bond motifs is 2. The Morgan fingerprint density at radius 2 is 0.891 bits per heavy atom. The molecule has 4 aromatic rings. The standard InChI is InChI=1S/C40H38N4O8.CH2Cl2/c1-5-51-35(45)39-40(36(46)52-6-2)43-23-31-32(34(50-4)20-19-33(31)49-3)24-44(40)38(48)42(39)22-30-28(26-15-11-8-12-16-26)18-17-27(25-13-9-7-10-14-25)29(30)21-41(39)37(43)47;2-1-3/h7-20H,5-6,21-24H2,1-4H3;1H2. The molecule has 4 aliphatic rings. The maximum Gasteiger partial charge on any atom is 0.358 e. The zero-order valence-electron chi connectivity index (χ0n) is 30.8. The number of methoxy groups -OCH3 is 2. The Bertz CT molecular complexity index is 2030. The van der Waals surface area contributed by atoms with Crippen LogP contribution in [0.15, 0.2) is 84.9 Å². The van der Waals surface area contributed by atoms with E-state index in [9.17, 15) is 4.79 Å². The van der Waals surface area contributed by atoms with Crippen molar-refractivity contribution in [3.8, 4) is 33.8 Å². The van der Waals surface area contributed by atoms with Gasteiger partial charge in [-0.3, -0.25) is 19.6 Å². The van der Waals surface area contributed by atoms with Gasteiger partial charge in [0.15, 0.2) is 0 Å². The first-order valence-electron chi connectivity index (χ1n) is 17.8. The number of benzene rings is 4. The molecule has 0 spiro atoms. The number of carbonyl (C=O) groups excluding carboxylic acids is 4. The monoisotopic (exact) mass is 786 g/mol. The maximum atomic E-state index is 15.4. The van der Waals surface area contributed by atoms with Gasteiger partial charge in [-0.05, 0) is 59.4 Å². The topological polar surface area (TPSA) is 118 Å². The third-order valence-electron chi connectivity index (χ3n) is 10.7. The summed E-state index contributed by atoms with van der Waals surface area (Å²) in [6.45, 7) is 2.55. The summed E-state index contributed by atoms with van der Waals surface area (Å²) in [7, 11) is 3.02. The van der Waals surface area contributed by atoms with Gasteiger partial charge < -0.3 is 18.9 Å². The number of alkyl halides is 2. The Morgan fingerprint density at radius 1 is 0.564 bits per heavy atom. The number of nitrogens with zero attached hydrogens (tertiary/aromatic N) is 4. The molecule has 0 aromatic heterocycles. The smallest absolute Gasteiger partial charge is 0.358 e. The number of ether oxygens (including phenoxy) is 4. The van der Waals surface area contributed by atoms with E-state index in [1.165, 1.54) is 33.8 Å². The second-order valence-electron chi connectivity index (χ2n) is 13.1. The van der Waals surface area contributed by atoms with Crippen molar-refractivity contribution in [2.75, 3.05) is 32.8 Å². The lowest BCUT2D eigenvalue weighted by Gasteiger charge is -2.44. The number of amides is 4. The lowest BCUT2D eigenvalue weighted by molar-refractivity contribution is -0.191. The van der Waals surface area contributed by atoms with Crippen molar-refractivity contribution in [3.63, 3.8) is 0 Å². The van der Waals surface area contributed by atoms with Gasteiger partial charge >= 0.3 is 24.0 Å². The van der Waals surface area contributed by atoms with Crippen molar-refractivity contribution < 1.29 is 38.1 Å². The molecule has 0 bridgehead atoms. The van der Waals surface area contributed by atoms with E-state index >= 15 is 14.4 Å². The number of carbonyl (C=O) groups is 4. The Morgan fingerprint density at radius 3 is 1.20 bits per heavy atom. The minimum absolute atomic E-state index is 0.0666. The molecule has 0 aliphatic carbocycles. The van der Waals surface area contributed by atoms with E-state index in [-0.39, 0.29) is 44.7 Å². The lowest BCUT2D eigenvalue weighted by Crippen LogP contribution is -2.75. The fourth-order valence-electron chi connectivity index (χ4n) is 8.65. The highest BCUT2D eigenvalue weighted by Crippen LogP contribution is 2.59. The molecular weight excluding hydrogens is 747 g/mol. The fourth-order valence-corrected chi connectivity index (χ4v) is 8.65. The fraction of sp³-hybridized carbons (Fsp3) is 0.317. The first-order valence-corrected chi connectivity index (χ1v) is 18.9. The molecule has 4 aromatic carbocycles. The SMILES string of the molecule is CCOC(=O)C12N3Cc4c(OC)ccc(OC)c4CN1C(=O)N1Cc4c(-c5ccccc5)ccc(-c5ccccc5)c4CN(C3=O)C12C(=O)OCC.ClCCl. The summed E-state index contributed by atoms with van der Waals surface area (Å²) in [5.74, 6) is -0.956. The van der Waals surface area contributed by atoms with Crippen molar-refractivity contribution in [1.82, 2.24) is 19.6 Å².